The molecule has 0 aromatic heterocycles. The van der Waals surface area contributed by atoms with Crippen LogP contribution in [0, 0.1) is 0 Å². The van der Waals surface area contributed by atoms with E-state index in [1.807, 2.05) is 6.07 Å². The largest absolute Gasteiger partial charge is 0.489 e. The molecule has 3 rings (SSSR count). The van der Waals surface area contributed by atoms with Gasteiger partial charge in [0, 0.05) is 31.0 Å². The maximum absolute atomic E-state index is 12.7. The zero-order valence-electron chi connectivity index (χ0n) is 15.0. The summed E-state index contributed by atoms with van der Waals surface area (Å²) in [4.78, 5) is 26.9. The highest BCUT2D eigenvalue weighted by atomic mass is 35.5. The normalized spacial score (nSPS) is 12.9. The number of amides is 2. The van der Waals surface area contributed by atoms with Crippen molar-refractivity contribution in [1.82, 2.24) is 4.90 Å². The first-order chi connectivity index (χ1) is 13.0. The fraction of sp³-hybridized carbons (Fsp3) is 0.263. The minimum Gasteiger partial charge on any atom is -0.489 e. The molecular formula is C19H19ClN2O4S. The Labute approximate surface area is 166 Å². The van der Waals surface area contributed by atoms with Crippen molar-refractivity contribution in [2.24, 2.45) is 0 Å². The zero-order valence-corrected chi connectivity index (χ0v) is 16.5. The summed E-state index contributed by atoms with van der Waals surface area (Å²) in [5.74, 6) is 0.562. The Morgan fingerprint density at radius 1 is 1.15 bits per heavy atom. The van der Waals surface area contributed by atoms with Gasteiger partial charge in [0.05, 0.1) is 23.9 Å². The number of carbonyl (C=O) groups is 2. The second kappa shape index (κ2) is 8.54. The number of hydrogen-bond acceptors (Lipinski definition) is 5. The van der Waals surface area contributed by atoms with E-state index in [1.165, 1.54) is 4.90 Å². The van der Waals surface area contributed by atoms with Gasteiger partial charge in [0.25, 0.3) is 11.1 Å². The third-order valence-electron chi connectivity index (χ3n) is 3.76. The maximum atomic E-state index is 12.7. The van der Waals surface area contributed by atoms with Crippen LogP contribution in [-0.4, -0.2) is 43.4 Å². The topological polar surface area (TPSA) is 67.9 Å². The second-order valence-electron chi connectivity index (χ2n) is 6.05. The van der Waals surface area contributed by atoms with Gasteiger partial charge in [-0.15, -0.1) is 0 Å². The average Bonchev–Trinajstić information content (AvgIpc) is 2.89. The van der Waals surface area contributed by atoms with Crippen molar-refractivity contribution in [3.8, 4) is 11.5 Å². The molecule has 0 unspecified atom stereocenters. The molecule has 6 nitrogen and oxygen atoms in total. The van der Waals surface area contributed by atoms with E-state index in [9.17, 15) is 9.59 Å². The van der Waals surface area contributed by atoms with Gasteiger partial charge in [0.2, 0.25) is 0 Å². The summed E-state index contributed by atoms with van der Waals surface area (Å²) < 4.78 is 11.2. The fourth-order valence-corrected chi connectivity index (χ4v) is 3.41. The van der Waals surface area contributed by atoms with Crippen molar-refractivity contribution in [1.29, 1.82) is 0 Å². The number of nitrogens with one attached hydrogen (secondary N) is 1. The van der Waals surface area contributed by atoms with Crippen LogP contribution < -0.4 is 14.8 Å². The molecule has 2 aromatic carbocycles. The van der Waals surface area contributed by atoms with E-state index >= 15 is 0 Å². The molecule has 0 bridgehead atoms. The highest BCUT2D eigenvalue weighted by Crippen LogP contribution is 2.38. The third-order valence-corrected chi connectivity index (χ3v) is 5.16. The summed E-state index contributed by atoms with van der Waals surface area (Å²) in [6.45, 7) is 1.02. The highest BCUT2D eigenvalue weighted by Gasteiger charge is 2.19. The number of thioether (sulfide) groups is 1. The summed E-state index contributed by atoms with van der Waals surface area (Å²) in [7, 11) is 3.35. The molecule has 142 valence electrons. The van der Waals surface area contributed by atoms with Crippen LogP contribution >= 0.6 is 23.4 Å². The molecule has 1 N–H and O–H groups in total. The van der Waals surface area contributed by atoms with Crippen LogP contribution in [0.1, 0.15) is 16.8 Å². The Kier molecular flexibility index (Phi) is 6.13. The first-order valence-corrected chi connectivity index (χ1v) is 9.54. The lowest BCUT2D eigenvalue weighted by Gasteiger charge is -2.14. The van der Waals surface area contributed by atoms with Gasteiger partial charge >= 0.3 is 0 Å². The van der Waals surface area contributed by atoms with E-state index in [-0.39, 0.29) is 11.1 Å². The van der Waals surface area contributed by atoms with Gasteiger partial charge in [0.15, 0.2) is 11.5 Å². The van der Waals surface area contributed by atoms with Crippen LogP contribution in [0.3, 0.4) is 0 Å². The number of carbonyl (C=O) groups excluding carboxylic acids is 2. The predicted molar refractivity (Wildman–Crippen MR) is 106 cm³/mol. The summed E-state index contributed by atoms with van der Waals surface area (Å²) in [6.07, 6.45) is 0.747. The number of fused-ring (bicyclic) bond motifs is 1. The van der Waals surface area contributed by atoms with Gasteiger partial charge in [0.1, 0.15) is 0 Å². The molecule has 27 heavy (non-hydrogen) atoms. The molecular weight excluding hydrogens is 388 g/mol. The molecule has 0 saturated carbocycles. The standard InChI is InChI=1S/C19H19ClN2O4S/c1-22(2)19(24)27-16-7-4-3-6-14(16)21-18(23)12-10-13(20)17-15(11-12)25-8-5-9-26-17/h3-4,6-7,10-11H,5,8-9H2,1-2H3,(H,21,23). The van der Waals surface area contributed by atoms with Crippen molar-refractivity contribution in [3.05, 3.63) is 47.0 Å². The lowest BCUT2D eigenvalue weighted by molar-refractivity contribution is 0.102. The molecule has 0 fully saturated rings. The van der Waals surface area contributed by atoms with E-state index in [0.717, 1.165) is 18.2 Å². The molecule has 0 spiro atoms. The zero-order chi connectivity index (χ0) is 19.4. The lowest BCUT2D eigenvalue weighted by atomic mass is 10.1. The van der Waals surface area contributed by atoms with Crippen LogP contribution in [0.5, 0.6) is 11.5 Å². The number of rotatable bonds is 3. The first kappa shape index (κ1) is 19.4. The molecule has 0 aliphatic carbocycles. The van der Waals surface area contributed by atoms with Gasteiger partial charge in [-0.25, -0.2) is 0 Å². The summed E-state index contributed by atoms with van der Waals surface area (Å²) >= 11 is 7.31. The van der Waals surface area contributed by atoms with Crippen LogP contribution in [0.4, 0.5) is 10.5 Å². The monoisotopic (exact) mass is 406 g/mol. The number of para-hydroxylation sites is 1. The van der Waals surface area contributed by atoms with E-state index in [4.69, 9.17) is 21.1 Å². The van der Waals surface area contributed by atoms with Gasteiger partial charge in [-0.2, -0.15) is 0 Å². The van der Waals surface area contributed by atoms with Crippen molar-refractivity contribution in [2.75, 3.05) is 32.6 Å². The quantitative estimate of drug-likeness (QED) is 0.758. The van der Waals surface area contributed by atoms with E-state index < -0.39 is 0 Å². The lowest BCUT2D eigenvalue weighted by Crippen LogP contribution is -2.17. The summed E-state index contributed by atoms with van der Waals surface area (Å²) in [6, 6.07) is 10.3. The molecule has 1 heterocycles. The molecule has 0 saturated heterocycles. The molecule has 2 amide bonds. The van der Waals surface area contributed by atoms with Crippen LogP contribution in [0.25, 0.3) is 0 Å². The molecule has 0 atom stereocenters. The Hall–Kier alpha value is -2.38. The second-order valence-corrected chi connectivity index (χ2v) is 7.45. The molecule has 0 radical (unpaired) electrons. The number of nitrogens with zero attached hydrogens (tertiary/aromatic N) is 1. The minimum absolute atomic E-state index is 0.129. The van der Waals surface area contributed by atoms with Crippen LogP contribution in [-0.2, 0) is 0 Å². The van der Waals surface area contributed by atoms with E-state index in [0.29, 0.717) is 45.9 Å². The first-order valence-electron chi connectivity index (χ1n) is 8.34. The number of anilines is 1. The van der Waals surface area contributed by atoms with Crippen molar-refractivity contribution < 1.29 is 19.1 Å². The number of benzene rings is 2. The number of ether oxygens (including phenoxy) is 2. The number of hydrogen-bond donors (Lipinski definition) is 1. The van der Waals surface area contributed by atoms with Gasteiger partial charge < -0.3 is 19.7 Å². The van der Waals surface area contributed by atoms with E-state index in [1.54, 1.807) is 44.4 Å². The minimum atomic E-state index is -0.349. The summed E-state index contributed by atoms with van der Waals surface area (Å²) in [5, 5.41) is 3.03. The molecule has 8 heteroatoms. The highest BCUT2D eigenvalue weighted by molar-refractivity contribution is 8.13. The molecule has 1 aliphatic heterocycles. The van der Waals surface area contributed by atoms with Crippen molar-refractivity contribution in [3.63, 3.8) is 0 Å². The summed E-state index contributed by atoms with van der Waals surface area (Å²) in [5.41, 5.74) is 0.897. The van der Waals surface area contributed by atoms with Crippen LogP contribution in [0.15, 0.2) is 41.3 Å². The Balaban J connectivity index is 1.83. The van der Waals surface area contributed by atoms with E-state index in [2.05, 4.69) is 5.32 Å². The van der Waals surface area contributed by atoms with Gasteiger partial charge in [-0.1, -0.05) is 23.7 Å². The van der Waals surface area contributed by atoms with Crippen molar-refractivity contribution >= 4 is 40.2 Å². The van der Waals surface area contributed by atoms with Crippen LogP contribution in [0.2, 0.25) is 5.02 Å². The van der Waals surface area contributed by atoms with Crippen molar-refractivity contribution in [2.45, 2.75) is 11.3 Å². The predicted octanol–water partition coefficient (Wildman–Crippen LogP) is 4.53. The average molecular weight is 407 g/mol. The maximum Gasteiger partial charge on any atom is 0.286 e. The van der Waals surface area contributed by atoms with Gasteiger partial charge in [-0.05, 0) is 36.0 Å². The Bertz CT molecular complexity index is 873. The molecule has 1 aliphatic rings. The Morgan fingerprint density at radius 3 is 2.67 bits per heavy atom. The smallest absolute Gasteiger partial charge is 0.286 e. The van der Waals surface area contributed by atoms with Gasteiger partial charge in [-0.3, -0.25) is 9.59 Å². The fourth-order valence-electron chi connectivity index (χ4n) is 2.40. The Morgan fingerprint density at radius 2 is 1.89 bits per heavy atom. The SMILES string of the molecule is CN(C)C(=O)Sc1ccccc1NC(=O)c1cc(Cl)c2c(c1)OCCCO2. The molecule has 2 aromatic rings. The third kappa shape index (κ3) is 4.67. The number of halogens is 1.